The molecule has 0 saturated heterocycles. The Morgan fingerprint density at radius 2 is 0.646 bits per heavy atom. The van der Waals surface area contributed by atoms with Crippen molar-refractivity contribution in [2.75, 3.05) is 0 Å². The van der Waals surface area contributed by atoms with E-state index in [1.807, 2.05) is 24.5 Å². The third kappa shape index (κ3) is 5.33. The molecule has 0 amide bonds. The standard InChI is InChI=1S/C60H37N5/c1-3-14-43(15-4-1)63-52-21-9-7-18-45(52)48-33-38(23-27-54(48)63)40-25-29-56-50(35-40)51-36-41(26-30-57(51)65(56)58-37-42-13-11-31-61-59(42)60-47(58)20-12-32-62-60)39-24-28-55-49(34-39)46-19-8-10-22-53(46)64(55)44-16-5-2-6-17-44/h1-37H. The zero-order valence-corrected chi connectivity index (χ0v) is 35.1. The minimum Gasteiger partial charge on any atom is -0.309 e. The van der Waals surface area contributed by atoms with Crippen LogP contribution in [0.15, 0.2) is 225 Å². The molecule has 0 spiro atoms. The molecule has 5 heteroatoms. The SMILES string of the molecule is c1ccc(-n2c3ccccc3c3cc(-c4ccc5c(c4)c4cc(-c6ccc7c(c6)c6ccccc6n7-c6ccccc6)ccc4n5-c4cc5cccnc5c5ncccc45)ccc32)cc1. The molecule has 0 unspecified atom stereocenters. The summed E-state index contributed by atoms with van der Waals surface area (Å²) < 4.78 is 7.19. The minimum atomic E-state index is 0.898. The fourth-order valence-corrected chi connectivity index (χ4v) is 10.6. The molecule has 5 aromatic heterocycles. The number of para-hydroxylation sites is 4. The maximum Gasteiger partial charge on any atom is 0.0985 e. The Balaban J connectivity index is 1.01. The highest BCUT2D eigenvalue weighted by Gasteiger charge is 2.20. The van der Waals surface area contributed by atoms with Crippen LogP contribution in [0.2, 0.25) is 0 Å². The van der Waals surface area contributed by atoms with Crippen molar-refractivity contribution in [3.63, 3.8) is 0 Å². The number of benzene rings is 9. The van der Waals surface area contributed by atoms with E-state index in [9.17, 15) is 0 Å². The smallest absolute Gasteiger partial charge is 0.0985 e. The van der Waals surface area contributed by atoms with Gasteiger partial charge in [-0.2, -0.15) is 0 Å². The summed E-state index contributed by atoms with van der Waals surface area (Å²) in [6.45, 7) is 0. The highest BCUT2D eigenvalue weighted by molar-refractivity contribution is 6.16. The highest BCUT2D eigenvalue weighted by atomic mass is 15.0. The number of rotatable bonds is 5. The molecule has 0 N–H and O–H groups in total. The summed E-state index contributed by atoms with van der Waals surface area (Å²) in [5.41, 5.74) is 17.0. The maximum atomic E-state index is 4.90. The summed E-state index contributed by atoms with van der Waals surface area (Å²) in [4.78, 5) is 9.69. The first-order valence-corrected chi connectivity index (χ1v) is 22.1. The van der Waals surface area contributed by atoms with Gasteiger partial charge in [-0.05, 0) is 131 Å². The van der Waals surface area contributed by atoms with Crippen LogP contribution in [0.1, 0.15) is 0 Å². The van der Waals surface area contributed by atoms with E-state index >= 15 is 0 Å². The molecular weight excluding hydrogens is 791 g/mol. The first-order valence-electron chi connectivity index (χ1n) is 22.1. The zero-order valence-electron chi connectivity index (χ0n) is 35.1. The van der Waals surface area contributed by atoms with E-state index in [4.69, 9.17) is 9.97 Å². The monoisotopic (exact) mass is 827 g/mol. The number of hydrogen-bond donors (Lipinski definition) is 0. The summed E-state index contributed by atoms with van der Waals surface area (Å²) in [5.74, 6) is 0. The van der Waals surface area contributed by atoms with Crippen LogP contribution in [-0.4, -0.2) is 23.7 Å². The van der Waals surface area contributed by atoms with Crippen LogP contribution in [0, 0.1) is 0 Å². The number of pyridine rings is 2. The van der Waals surface area contributed by atoms with Gasteiger partial charge in [0.05, 0.1) is 49.8 Å². The molecule has 0 radical (unpaired) electrons. The second-order valence-corrected chi connectivity index (χ2v) is 17.0. The molecule has 0 saturated carbocycles. The molecule has 0 aliphatic carbocycles. The van der Waals surface area contributed by atoms with E-state index in [0.717, 1.165) is 49.9 Å². The third-order valence-corrected chi connectivity index (χ3v) is 13.5. The van der Waals surface area contributed by atoms with Crippen LogP contribution in [0.4, 0.5) is 0 Å². The predicted molar refractivity (Wildman–Crippen MR) is 271 cm³/mol. The molecule has 14 aromatic rings. The molecule has 5 heterocycles. The summed E-state index contributed by atoms with van der Waals surface area (Å²) >= 11 is 0. The Morgan fingerprint density at radius 1 is 0.262 bits per heavy atom. The molecule has 0 atom stereocenters. The van der Waals surface area contributed by atoms with Gasteiger partial charge in [-0.25, -0.2) is 0 Å². The minimum absolute atomic E-state index is 0.898. The molecule has 0 aliphatic heterocycles. The molecule has 302 valence electrons. The quantitative estimate of drug-likeness (QED) is 0.162. The van der Waals surface area contributed by atoms with E-state index in [1.165, 1.54) is 76.6 Å². The molecule has 0 aliphatic rings. The second kappa shape index (κ2) is 13.9. The summed E-state index contributed by atoms with van der Waals surface area (Å²) in [5, 5.41) is 9.46. The lowest BCUT2D eigenvalue weighted by molar-refractivity contribution is 1.18. The lowest BCUT2D eigenvalue weighted by Crippen LogP contribution is -1.97. The predicted octanol–water partition coefficient (Wildman–Crippen LogP) is 15.4. The summed E-state index contributed by atoms with van der Waals surface area (Å²) in [7, 11) is 0. The lowest BCUT2D eigenvalue weighted by Gasteiger charge is -2.13. The Morgan fingerprint density at radius 3 is 1.15 bits per heavy atom. The van der Waals surface area contributed by atoms with Crippen LogP contribution >= 0.6 is 0 Å². The van der Waals surface area contributed by atoms with Crippen LogP contribution in [0.5, 0.6) is 0 Å². The Labute approximate surface area is 373 Å². The average molecular weight is 828 g/mol. The summed E-state index contributed by atoms with van der Waals surface area (Å²) in [6.07, 6.45) is 3.72. The van der Waals surface area contributed by atoms with Crippen molar-refractivity contribution in [2.45, 2.75) is 0 Å². The fourth-order valence-electron chi connectivity index (χ4n) is 10.6. The van der Waals surface area contributed by atoms with Gasteiger partial charge in [0.2, 0.25) is 0 Å². The highest BCUT2D eigenvalue weighted by Crippen LogP contribution is 2.42. The molecule has 14 rings (SSSR count). The third-order valence-electron chi connectivity index (χ3n) is 13.5. The molecule has 65 heavy (non-hydrogen) atoms. The largest absolute Gasteiger partial charge is 0.309 e. The normalized spacial score (nSPS) is 12.0. The molecule has 0 bridgehead atoms. The van der Waals surface area contributed by atoms with E-state index in [1.54, 1.807) is 0 Å². The van der Waals surface area contributed by atoms with Crippen molar-refractivity contribution < 1.29 is 0 Å². The lowest BCUT2D eigenvalue weighted by atomic mass is 9.98. The first-order chi connectivity index (χ1) is 32.2. The Kier molecular flexibility index (Phi) is 7.62. The van der Waals surface area contributed by atoms with E-state index < -0.39 is 0 Å². The molecular formula is C60H37N5. The topological polar surface area (TPSA) is 40.6 Å². The van der Waals surface area contributed by atoms with Crippen LogP contribution in [-0.2, 0) is 0 Å². The van der Waals surface area contributed by atoms with Crippen LogP contribution in [0.25, 0.3) is 127 Å². The van der Waals surface area contributed by atoms with E-state index in [2.05, 4.69) is 214 Å². The molecule has 9 aromatic carbocycles. The van der Waals surface area contributed by atoms with Gasteiger partial charge < -0.3 is 13.7 Å². The van der Waals surface area contributed by atoms with Gasteiger partial charge in [-0.1, -0.05) is 103 Å². The van der Waals surface area contributed by atoms with Gasteiger partial charge in [0.1, 0.15) is 0 Å². The second-order valence-electron chi connectivity index (χ2n) is 17.0. The van der Waals surface area contributed by atoms with Crippen molar-refractivity contribution in [3.05, 3.63) is 225 Å². The van der Waals surface area contributed by atoms with Gasteiger partial charge in [-0.3, -0.25) is 9.97 Å². The number of nitrogens with zero attached hydrogens (tertiary/aromatic N) is 5. The van der Waals surface area contributed by atoms with Crippen molar-refractivity contribution in [3.8, 4) is 39.3 Å². The summed E-state index contributed by atoms with van der Waals surface area (Å²) in [6, 6.07) is 77.3. The average Bonchev–Trinajstić information content (AvgIpc) is 4.01. The number of aromatic nitrogens is 5. The van der Waals surface area contributed by atoms with Gasteiger partial charge in [0.25, 0.3) is 0 Å². The van der Waals surface area contributed by atoms with E-state index in [0.29, 0.717) is 0 Å². The van der Waals surface area contributed by atoms with Crippen LogP contribution < -0.4 is 0 Å². The number of hydrogen-bond acceptors (Lipinski definition) is 2. The first kappa shape index (κ1) is 35.8. The molecule has 5 nitrogen and oxygen atoms in total. The van der Waals surface area contributed by atoms with Gasteiger partial charge in [0.15, 0.2) is 0 Å². The maximum absolute atomic E-state index is 4.90. The van der Waals surface area contributed by atoms with Crippen molar-refractivity contribution >= 4 is 87.2 Å². The number of fused-ring (bicyclic) bond motifs is 12. The molecule has 0 fully saturated rings. The van der Waals surface area contributed by atoms with Gasteiger partial charge in [-0.15, -0.1) is 0 Å². The van der Waals surface area contributed by atoms with Gasteiger partial charge in [0, 0.05) is 66.9 Å². The van der Waals surface area contributed by atoms with Gasteiger partial charge >= 0.3 is 0 Å². The van der Waals surface area contributed by atoms with Crippen molar-refractivity contribution in [1.29, 1.82) is 0 Å². The van der Waals surface area contributed by atoms with Crippen molar-refractivity contribution in [1.82, 2.24) is 23.7 Å². The Hall–Kier alpha value is -8.80. The fraction of sp³-hybridized carbons (Fsp3) is 0. The van der Waals surface area contributed by atoms with Crippen LogP contribution in [0.3, 0.4) is 0 Å². The van der Waals surface area contributed by atoms with E-state index in [-0.39, 0.29) is 0 Å². The zero-order chi connectivity index (χ0) is 42.6. The van der Waals surface area contributed by atoms with Crippen molar-refractivity contribution in [2.24, 2.45) is 0 Å². The Bertz CT molecular complexity index is 4020.